The van der Waals surface area contributed by atoms with Crippen LogP contribution in [0.1, 0.15) is 86.1 Å². The SMILES string of the molecule is COc1cc(CN(Cc2cc(C(F)(F)F)cc(C(F)(F)F)c2)c2ncc(OCCCC(=O)O)cn2)c(-c2cc(C(C)C)ccc2OC)cc1OC1CCCC1.[Na+]. The Bertz CT molecular complexity index is 1900. The molecule has 0 atom stereocenters. The predicted octanol–water partition coefficient (Wildman–Crippen LogP) is 7.10. The molecule has 1 aliphatic rings. The average molecular weight is 799 g/mol. The first-order valence-corrected chi connectivity index (χ1v) is 17.8. The first-order valence-electron chi connectivity index (χ1n) is 17.8. The summed E-state index contributed by atoms with van der Waals surface area (Å²) in [6, 6.07) is 10.8. The summed E-state index contributed by atoms with van der Waals surface area (Å²) in [5.74, 6) is 0.707. The zero-order valence-electron chi connectivity index (χ0n) is 31.9. The van der Waals surface area contributed by atoms with Crippen LogP contribution in [0.2, 0.25) is 0 Å². The number of hydrogen-bond donors (Lipinski definition) is 1. The van der Waals surface area contributed by atoms with Gasteiger partial charge in [0.05, 0.1) is 50.5 Å². The van der Waals surface area contributed by atoms with E-state index in [0.717, 1.165) is 31.2 Å². The summed E-state index contributed by atoms with van der Waals surface area (Å²) in [6.07, 6.45) is -3.65. The molecule has 0 aliphatic heterocycles. The molecule has 4 aromatic rings. The number of aliphatic carboxylic acids is 1. The van der Waals surface area contributed by atoms with Crippen LogP contribution in [0.25, 0.3) is 11.1 Å². The molecule has 1 heterocycles. The molecule has 0 spiro atoms. The summed E-state index contributed by atoms with van der Waals surface area (Å²) < 4.78 is 107. The molecule has 1 saturated carbocycles. The number of anilines is 1. The van der Waals surface area contributed by atoms with Gasteiger partial charge >= 0.3 is 47.9 Å². The van der Waals surface area contributed by atoms with Crippen LogP contribution in [0, 0.1) is 0 Å². The fourth-order valence-corrected chi connectivity index (χ4v) is 6.41. The molecule has 0 saturated heterocycles. The summed E-state index contributed by atoms with van der Waals surface area (Å²) in [7, 11) is 3.02. The Morgan fingerprint density at radius 2 is 1.46 bits per heavy atom. The van der Waals surface area contributed by atoms with E-state index in [1.54, 1.807) is 6.07 Å². The van der Waals surface area contributed by atoms with Crippen LogP contribution in [0.5, 0.6) is 23.0 Å². The smallest absolute Gasteiger partial charge is 0.496 e. The number of benzene rings is 3. The largest absolute Gasteiger partial charge is 1.00 e. The van der Waals surface area contributed by atoms with Crippen molar-refractivity contribution in [3.63, 3.8) is 0 Å². The molecule has 5 rings (SSSR count). The number of hydrogen-bond acceptors (Lipinski definition) is 8. The number of carbonyl (C=O) groups is 1. The topological polar surface area (TPSA) is 103 Å². The van der Waals surface area contributed by atoms with Crippen LogP contribution >= 0.6 is 0 Å². The average Bonchev–Trinajstić information content (AvgIpc) is 3.65. The van der Waals surface area contributed by atoms with E-state index in [9.17, 15) is 31.1 Å². The molecular formula is C40H43F6N3NaO6+. The molecule has 1 N–H and O–H groups in total. The molecule has 0 unspecified atom stereocenters. The van der Waals surface area contributed by atoms with Gasteiger partial charge in [0.2, 0.25) is 5.95 Å². The van der Waals surface area contributed by atoms with Gasteiger partial charge in [-0.2, -0.15) is 26.3 Å². The summed E-state index contributed by atoms with van der Waals surface area (Å²) in [5, 5.41) is 8.91. The molecular weight excluding hydrogens is 755 g/mol. The van der Waals surface area contributed by atoms with Gasteiger partial charge in [-0.1, -0.05) is 19.9 Å². The third-order valence-corrected chi connectivity index (χ3v) is 9.25. The standard InChI is InChI=1S/C40H43F6N3O6.Na/c1-24(2)26-11-12-34(52-3)33(16-26)32-19-36(55-30-8-5-6-9-30)35(53-4)17-27(32)23-49(38-47-20-31(21-48-38)54-13-7-10-37(50)51)22-25-14-28(39(41,42)43)18-29(15-25)40(44,45)46;/h11-12,14-21,24,30H,5-10,13,22-23H2,1-4H3,(H,50,51);/q;+1. The van der Waals surface area contributed by atoms with E-state index < -0.39 is 36.0 Å². The summed E-state index contributed by atoms with van der Waals surface area (Å²) in [5.41, 5.74) is -0.296. The van der Waals surface area contributed by atoms with Gasteiger partial charge < -0.3 is 29.0 Å². The minimum Gasteiger partial charge on any atom is -0.496 e. The molecule has 296 valence electrons. The Labute approximate surface area is 343 Å². The van der Waals surface area contributed by atoms with Crippen molar-refractivity contribution in [1.82, 2.24) is 9.97 Å². The number of nitrogens with zero attached hydrogens (tertiary/aromatic N) is 3. The molecule has 3 aromatic carbocycles. The Morgan fingerprint density at radius 1 is 0.839 bits per heavy atom. The van der Waals surface area contributed by atoms with E-state index in [1.165, 1.54) is 31.5 Å². The maximum Gasteiger partial charge on any atom is 1.00 e. The van der Waals surface area contributed by atoms with Gasteiger partial charge in [-0.05, 0) is 103 Å². The van der Waals surface area contributed by atoms with Crippen LogP contribution in [-0.2, 0) is 30.2 Å². The second-order valence-corrected chi connectivity index (χ2v) is 13.6. The number of carboxylic acids is 1. The van der Waals surface area contributed by atoms with Gasteiger partial charge in [0, 0.05) is 25.1 Å². The Hall–Kier alpha value is -4.21. The minimum absolute atomic E-state index is 0. The van der Waals surface area contributed by atoms with Crippen molar-refractivity contribution in [2.45, 2.75) is 89.8 Å². The number of alkyl halides is 6. The number of carboxylic acid groups (broad SMARTS) is 1. The maximum atomic E-state index is 13.9. The summed E-state index contributed by atoms with van der Waals surface area (Å²) >= 11 is 0. The van der Waals surface area contributed by atoms with Crippen LogP contribution in [0.3, 0.4) is 0 Å². The fourth-order valence-electron chi connectivity index (χ4n) is 6.41. The van der Waals surface area contributed by atoms with Gasteiger partial charge in [0.1, 0.15) is 5.75 Å². The maximum absolute atomic E-state index is 13.9. The molecule has 0 bridgehead atoms. The van der Waals surface area contributed by atoms with E-state index in [0.29, 0.717) is 46.1 Å². The monoisotopic (exact) mass is 798 g/mol. The van der Waals surface area contributed by atoms with Gasteiger partial charge in [0.15, 0.2) is 17.2 Å². The molecule has 1 aliphatic carbocycles. The van der Waals surface area contributed by atoms with E-state index >= 15 is 0 Å². The molecule has 1 aromatic heterocycles. The third-order valence-electron chi connectivity index (χ3n) is 9.25. The zero-order valence-corrected chi connectivity index (χ0v) is 33.9. The van der Waals surface area contributed by atoms with Crippen molar-refractivity contribution in [2.75, 3.05) is 25.7 Å². The molecule has 0 amide bonds. The van der Waals surface area contributed by atoms with E-state index in [4.69, 9.17) is 24.1 Å². The number of methoxy groups -OCH3 is 2. The van der Waals surface area contributed by atoms with E-state index in [2.05, 4.69) is 9.97 Å². The fraction of sp³-hybridized carbons (Fsp3) is 0.425. The van der Waals surface area contributed by atoms with Crippen molar-refractivity contribution < 1.29 is 84.7 Å². The first kappa shape index (κ1) is 44.5. The third kappa shape index (κ3) is 11.7. The summed E-state index contributed by atoms with van der Waals surface area (Å²) in [4.78, 5) is 21.1. The van der Waals surface area contributed by atoms with Crippen molar-refractivity contribution in [1.29, 1.82) is 0 Å². The van der Waals surface area contributed by atoms with Crippen molar-refractivity contribution in [2.24, 2.45) is 0 Å². The minimum atomic E-state index is -5.05. The van der Waals surface area contributed by atoms with Gasteiger partial charge in [-0.25, -0.2) is 9.97 Å². The molecule has 1 fully saturated rings. The Morgan fingerprint density at radius 3 is 2.02 bits per heavy atom. The first-order chi connectivity index (χ1) is 26.0. The number of rotatable bonds is 16. The molecule has 0 radical (unpaired) electrons. The van der Waals surface area contributed by atoms with Gasteiger partial charge in [0.25, 0.3) is 0 Å². The zero-order chi connectivity index (χ0) is 39.9. The predicted molar refractivity (Wildman–Crippen MR) is 193 cm³/mol. The van der Waals surface area contributed by atoms with E-state index in [-0.39, 0.29) is 90.9 Å². The van der Waals surface area contributed by atoms with E-state index in [1.807, 2.05) is 38.1 Å². The molecule has 16 heteroatoms. The van der Waals surface area contributed by atoms with Crippen LogP contribution in [0.4, 0.5) is 32.3 Å². The molecule has 9 nitrogen and oxygen atoms in total. The van der Waals surface area contributed by atoms with Crippen molar-refractivity contribution >= 4 is 11.9 Å². The second kappa shape index (κ2) is 19.3. The number of ether oxygens (including phenoxy) is 4. The van der Waals surface area contributed by atoms with Crippen LogP contribution in [-0.4, -0.2) is 48.0 Å². The second-order valence-electron chi connectivity index (χ2n) is 13.6. The normalized spacial score (nSPS) is 13.3. The summed E-state index contributed by atoms with van der Waals surface area (Å²) in [6.45, 7) is 3.56. The van der Waals surface area contributed by atoms with Crippen LogP contribution < -0.4 is 53.4 Å². The number of aromatic nitrogens is 2. The Kier molecular flexibility index (Phi) is 15.3. The van der Waals surface area contributed by atoms with Crippen molar-refractivity contribution in [3.8, 4) is 34.1 Å². The van der Waals surface area contributed by atoms with Crippen LogP contribution in [0.15, 0.2) is 60.9 Å². The quantitative estimate of drug-likeness (QED) is 0.0723. The molecule has 56 heavy (non-hydrogen) atoms. The Balaban J connectivity index is 0.00000696. The van der Waals surface area contributed by atoms with Crippen molar-refractivity contribution in [3.05, 3.63) is 88.7 Å². The number of halogens is 6. The van der Waals surface area contributed by atoms with Gasteiger partial charge in [-0.3, -0.25) is 4.79 Å². The van der Waals surface area contributed by atoms with Gasteiger partial charge in [-0.15, -0.1) is 0 Å².